The van der Waals surface area contributed by atoms with Crippen molar-refractivity contribution >= 4 is 23.6 Å². The van der Waals surface area contributed by atoms with E-state index in [9.17, 15) is 14.7 Å². The van der Waals surface area contributed by atoms with Crippen molar-refractivity contribution in [3.63, 3.8) is 0 Å². The van der Waals surface area contributed by atoms with Gasteiger partial charge >= 0.3 is 0 Å². The number of hydroxylamine groups is 1. The molecule has 248 valence electrons. The number of carbonyl (C=O) groups is 2. The van der Waals surface area contributed by atoms with Crippen LogP contribution in [0.25, 0.3) is 11.1 Å². The van der Waals surface area contributed by atoms with Gasteiger partial charge in [0.1, 0.15) is 6.33 Å². The van der Waals surface area contributed by atoms with E-state index in [4.69, 9.17) is 14.7 Å². The van der Waals surface area contributed by atoms with E-state index in [0.29, 0.717) is 38.0 Å². The number of nitrogens with one attached hydrogen (secondary N) is 2. The van der Waals surface area contributed by atoms with Gasteiger partial charge in [-0.2, -0.15) is 0 Å². The lowest BCUT2D eigenvalue weighted by Crippen LogP contribution is -2.31. The van der Waals surface area contributed by atoms with Crippen LogP contribution in [0.3, 0.4) is 0 Å². The van der Waals surface area contributed by atoms with E-state index >= 15 is 0 Å². The summed E-state index contributed by atoms with van der Waals surface area (Å²) in [5.74, 6) is 0.255. The Hall–Kier alpha value is -4.07. The Morgan fingerprint density at radius 1 is 0.915 bits per heavy atom. The Bertz CT molecular complexity index is 1600. The Morgan fingerprint density at radius 2 is 1.66 bits per heavy atom. The first-order chi connectivity index (χ1) is 22.9. The van der Waals surface area contributed by atoms with Crippen molar-refractivity contribution in [3.05, 3.63) is 101 Å². The van der Waals surface area contributed by atoms with E-state index in [1.54, 1.807) is 23.6 Å². The fourth-order valence-corrected chi connectivity index (χ4v) is 6.29. The van der Waals surface area contributed by atoms with Crippen LogP contribution >= 0.6 is 11.8 Å². The molecule has 2 amide bonds. The molecule has 2 heterocycles. The fraction of sp³-hybridized carbons (Fsp3) is 0.371. The molecular weight excluding hydrogens is 618 g/mol. The number of amides is 2. The number of carbonyl (C=O) groups excluding carboxylic acids is 2. The lowest BCUT2D eigenvalue weighted by Gasteiger charge is -2.36. The molecule has 12 heteroatoms. The van der Waals surface area contributed by atoms with Crippen LogP contribution in [0.4, 0.5) is 0 Å². The van der Waals surface area contributed by atoms with Crippen molar-refractivity contribution in [2.75, 3.05) is 5.75 Å². The molecule has 0 spiro atoms. The van der Waals surface area contributed by atoms with Crippen LogP contribution in [0.5, 0.6) is 0 Å². The summed E-state index contributed by atoms with van der Waals surface area (Å²) in [4.78, 5) is 23.4. The first-order valence-corrected chi connectivity index (χ1v) is 16.8. The van der Waals surface area contributed by atoms with Crippen molar-refractivity contribution in [3.8, 4) is 11.1 Å². The second kappa shape index (κ2) is 17.2. The zero-order valence-corrected chi connectivity index (χ0v) is 27.2. The van der Waals surface area contributed by atoms with E-state index in [1.807, 2.05) is 66.2 Å². The highest BCUT2D eigenvalue weighted by Gasteiger charge is 2.32. The molecule has 3 aromatic carbocycles. The van der Waals surface area contributed by atoms with Crippen molar-refractivity contribution in [1.29, 1.82) is 0 Å². The first kappa shape index (κ1) is 34.3. The number of benzene rings is 3. The van der Waals surface area contributed by atoms with E-state index in [1.165, 1.54) is 0 Å². The number of aromatic nitrogens is 3. The largest absolute Gasteiger partial charge is 0.392 e. The quantitative estimate of drug-likeness (QED) is 0.0571. The van der Waals surface area contributed by atoms with E-state index < -0.39 is 12.2 Å². The standard InChI is InChI=1S/C35H41N5O6S/c1-40-23-37-38-35(40)47-22-30-19-31(27-12-10-24(21-41)11-13-27)46-34(45-30)28-16-14-26(15-17-28)29-7-5-6-25(18-29)20-36-32(42)8-3-2-4-9-33(43)39-44/h5-7,10-18,23,30-31,34,41,44H,2-4,8-9,19-22H2,1H3,(H,36,42)(H,39,43). The molecule has 1 aliphatic heterocycles. The summed E-state index contributed by atoms with van der Waals surface area (Å²) in [7, 11) is 1.92. The summed E-state index contributed by atoms with van der Waals surface area (Å²) in [6.07, 6.45) is 4.24. The number of unbranched alkanes of at least 4 members (excludes halogenated alkanes) is 2. The zero-order valence-electron chi connectivity index (χ0n) is 26.4. The minimum atomic E-state index is -0.557. The minimum absolute atomic E-state index is 0.00505. The van der Waals surface area contributed by atoms with E-state index in [-0.39, 0.29) is 31.1 Å². The van der Waals surface area contributed by atoms with Crippen molar-refractivity contribution in [2.24, 2.45) is 7.05 Å². The van der Waals surface area contributed by atoms with E-state index in [0.717, 1.165) is 45.0 Å². The van der Waals surface area contributed by atoms with Crippen LogP contribution in [0, 0.1) is 0 Å². The maximum atomic E-state index is 12.3. The average Bonchev–Trinajstić information content (AvgIpc) is 3.53. The molecule has 5 rings (SSSR count). The van der Waals surface area contributed by atoms with Gasteiger partial charge in [0.2, 0.25) is 11.8 Å². The summed E-state index contributed by atoms with van der Waals surface area (Å²) >= 11 is 1.60. The van der Waals surface area contributed by atoms with Gasteiger partial charge in [-0.1, -0.05) is 84.9 Å². The predicted molar refractivity (Wildman–Crippen MR) is 177 cm³/mol. The molecule has 11 nitrogen and oxygen atoms in total. The van der Waals surface area contributed by atoms with Crippen LogP contribution in [0.1, 0.15) is 73.2 Å². The Balaban J connectivity index is 1.20. The Morgan fingerprint density at radius 3 is 2.36 bits per heavy atom. The van der Waals surface area contributed by atoms with Gasteiger partial charge in [0, 0.05) is 44.2 Å². The lowest BCUT2D eigenvalue weighted by atomic mass is 9.99. The molecule has 0 radical (unpaired) electrons. The van der Waals surface area contributed by atoms with Crippen LogP contribution in [0.15, 0.2) is 84.3 Å². The number of aliphatic hydroxyl groups excluding tert-OH is 1. The molecule has 4 aromatic rings. The number of hydrogen-bond acceptors (Lipinski definition) is 9. The smallest absolute Gasteiger partial charge is 0.243 e. The number of rotatable bonds is 15. The summed E-state index contributed by atoms with van der Waals surface area (Å²) in [5.41, 5.74) is 7.50. The van der Waals surface area contributed by atoms with Gasteiger partial charge in [0.15, 0.2) is 11.4 Å². The summed E-state index contributed by atoms with van der Waals surface area (Å²) in [6, 6.07) is 24.1. The third-order valence-electron chi connectivity index (χ3n) is 8.05. The summed E-state index contributed by atoms with van der Waals surface area (Å²) in [5, 5.41) is 30.0. The Kier molecular flexibility index (Phi) is 12.5. The topological polar surface area (TPSA) is 148 Å². The van der Waals surface area contributed by atoms with Gasteiger partial charge < -0.3 is 24.5 Å². The monoisotopic (exact) mass is 659 g/mol. The first-order valence-electron chi connectivity index (χ1n) is 15.8. The summed E-state index contributed by atoms with van der Waals surface area (Å²) in [6.45, 7) is 0.421. The van der Waals surface area contributed by atoms with Gasteiger partial charge in [0.25, 0.3) is 0 Å². The number of aliphatic hydroxyl groups is 1. The molecule has 3 atom stereocenters. The SMILES string of the molecule is Cn1cnnc1SCC1CC(c2ccc(CO)cc2)OC(c2ccc(-c3cccc(CNC(=O)CCCCCC(=O)NO)c3)cc2)O1. The van der Waals surface area contributed by atoms with Crippen LogP contribution in [-0.4, -0.2) is 48.7 Å². The van der Waals surface area contributed by atoms with Gasteiger partial charge in [-0.3, -0.25) is 14.8 Å². The molecule has 1 saturated heterocycles. The van der Waals surface area contributed by atoms with Crippen molar-refractivity contribution < 1.29 is 29.4 Å². The molecule has 47 heavy (non-hydrogen) atoms. The number of nitrogens with zero attached hydrogens (tertiary/aromatic N) is 3. The third-order valence-corrected chi connectivity index (χ3v) is 9.21. The minimum Gasteiger partial charge on any atom is -0.392 e. The molecule has 1 aliphatic rings. The van der Waals surface area contributed by atoms with Gasteiger partial charge in [-0.05, 0) is 46.7 Å². The van der Waals surface area contributed by atoms with Gasteiger partial charge in [-0.15, -0.1) is 10.2 Å². The fourth-order valence-electron chi connectivity index (χ4n) is 5.38. The second-order valence-electron chi connectivity index (χ2n) is 11.6. The van der Waals surface area contributed by atoms with Gasteiger partial charge in [0.05, 0.1) is 18.8 Å². The van der Waals surface area contributed by atoms with Crippen molar-refractivity contribution in [1.82, 2.24) is 25.6 Å². The predicted octanol–water partition coefficient (Wildman–Crippen LogP) is 5.38. The number of ether oxygens (including phenoxy) is 2. The maximum Gasteiger partial charge on any atom is 0.243 e. The van der Waals surface area contributed by atoms with Crippen LogP contribution < -0.4 is 10.8 Å². The molecule has 3 unspecified atom stereocenters. The molecule has 0 saturated carbocycles. The number of aryl methyl sites for hydroxylation is 1. The molecule has 0 bridgehead atoms. The molecule has 1 fully saturated rings. The van der Waals surface area contributed by atoms with E-state index in [2.05, 4.69) is 33.7 Å². The normalized spacial score (nSPS) is 17.7. The molecule has 0 aliphatic carbocycles. The van der Waals surface area contributed by atoms with Crippen LogP contribution in [0.2, 0.25) is 0 Å². The second-order valence-corrected chi connectivity index (χ2v) is 12.6. The molecule has 1 aromatic heterocycles. The van der Waals surface area contributed by atoms with Crippen LogP contribution in [-0.2, 0) is 39.3 Å². The Labute approximate surface area is 278 Å². The average molecular weight is 660 g/mol. The third kappa shape index (κ3) is 9.96. The van der Waals surface area contributed by atoms with Crippen molar-refractivity contribution in [2.45, 2.75) is 75.3 Å². The van der Waals surface area contributed by atoms with Gasteiger partial charge in [-0.25, -0.2) is 5.48 Å². The molecule has 4 N–H and O–H groups in total. The zero-order chi connectivity index (χ0) is 33.0. The number of thioether (sulfide) groups is 1. The summed E-state index contributed by atoms with van der Waals surface area (Å²) < 4.78 is 14.9. The highest BCUT2D eigenvalue weighted by atomic mass is 32.2. The highest BCUT2D eigenvalue weighted by Crippen LogP contribution is 2.39. The molecular formula is C35H41N5O6S. The maximum absolute atomic E-state index is 12.3. The highest BCUT2D eigenvalue weighted by molar-refractivity contribution is 7.99. The number of hydrogen-bond donors (Lipinski definition) is 4. The lowest BCUT2D eigenvalue weighted by molar-refractivity contribution is -0.245.